The Morgan fingerprint density at radius 3 is 2.19 bits per heavy atom. The Kier molecular flexibility index (Phi) is 6.96. The van der Waals surface area contributed by atoms with Crippen LogP contribution >= 0.6 is 23.2 Å². The predicted octanol–water partition coefficient (Wildman–Crippen LogP) is 6.23. The fraction of sp³-hybridized carbons (Fsp3) is 0.269. The van der Waals surface area contributed by atoms with Gasteiger partial charge >= 0.3 is 0 Å². The number of ketones is 1. The van der Waals surface area contributed by atoms with Crippen LogP contribution < -0.4 is 4.74 Å². The summed E-state index contributed by atoms with van der Waals surface area (Å²) in [6.07, 6.45) is 0.525. The molecule has 3 aromatic rings. The van der Waals surface area contributed by atoms with Crippen LogP contribution in [0.4, 0.5) is 0 Å². The van der Waals surface area contributed by atoms with Gasteiger partial charge < -0.3 is 4.74 Å². The van der Waals surface area contributed by atoms with E-state index < -0.39 is 0 Å². The molecule has 1 fully saturated rings. The van der Waals surface area contributed by atoms with Gasteiger partial charge in [0, 0.05) is 48.5 Å². The topological polar surface area (TPSA) is 29.5 Å². The third-order valence-electron chi connectivity index (χ3n) is 5.95. The summed E-state index contributed by atoms with van der Waals surface area (Å²) >= 11 is 12.6. The number of likely N-dealkylation sites (tertiary alicyclic amines) is 1. The van der Waals surface area contributed by atoms with Crippen LogP contribution in [0.3, 0.4) is 0 Å². The van der Waals surface area contributed by atoms with E-state index in [9.17, 15) is 4.79 Å². The third kappa shape index (κ3) is 4.95. The Morgan fingerprint density at radius 2 is 1.61 bits per heavy atom. The second-order valence-electron chi connectivity index (χ2n) is 7.94. The molecule has 0 aromatic heterocycles. The van der Waals surface area contributed by atoms with E-state index in [1.807, 2.05) is 42.5 Å². The zero-order valence-corrected chi connectivity index (χ0v) is 18.9. The van der Waals surface area contributed by atoms with Crippen LogP contribution in [0.15, 0.2) is 72.8 Å². The lowest BCUT2D eigenvalue weighted by Crippen LogP contribution is -2.43. The fourth-order valence-electron chi connectivity index (χ4n) is 4.54. The van der Waals surface area contributed by atoms with Crippen LogP contribution in [0.5, 0.6) is 5.75 Å². The molecule has 31 heavy (non-hydrogen) atoms. The SMILES string of the molecule is COc1c(Cl)cc(Cl)cc1CN1CCC(=O)C(C(c2ccccc2)c2ccccc2)C1. The summed E-state index contributed by atoms with van der Waals surface area (Å²) in [6.45, 7) is 2.00. The van der Waals surface area contributed by atoms with Crippen molar-refractivity contribution in [2.75, 3.05) is 20.2 Å². The first kappa shape index (κ1) is 21.9. The maximum Gasteiger partial charge on any atom is 0.142 e. The number of benzene rings is 3. The molecule has 1 heterocycles. The standard InChI is InChI=1S/C26H25Cl2NO2/c1-31-26-20(14-21(27)15-23(26)28)16-29-13-12-24(30)22(17-29)25(18-8-4-2-5-9-18)19-10-6-3-7-11-19/h2-11,14-15,22,25H,12-13,16-17H2,1H3. The summed E-state index contributed by atoms with van der Waals surface area (Å²) < 4.78 is 5.52. The van der Waals surface area contributed by atoms with E-state index in [1.54, 1.807) is 13.2 Å². The van der Waals surface area contributed by atoms with Crippen LogP contribution in [-0.2, 0) is 11.3 Å². The molecular formula is C26H25Cl2NO2. The van der Waals surface area contributed by atoms with Gasteiger partial charge in [-0.2, -0.15) is 0 Å². The number of carbonyl (C=O) groups is 1. The lowest BCUT2D eigenvalue weighted by Gasteiger charge is -2.36. The highest BCUT2D eigenvalue weighted by Crippen LogP contribution is 2.37. The first-order valence-electron chi connectivity index (χ1n) is 10.4. The van der Waals surface area contributed by atoms with Gasteiger partial charge in [-0.15, -0.1) is 0 Å². The smallest absolute Gasteiger partial charge is 0.142 e. The summed E-state index contributed by atoms with van der Waals surface area (Å²) in [5, 5.41) is 1.08. The van der Waals surface area contributed by atoms with Gasteiger partial charge in [0.25, 0.3) is 0 Å². The summed E-state index contributed by atoms with van der Waals surface area (Å²) in [6, 6.07) is 24.2. The van der Waals surface area contributed by atoms with Crippen LogP contribution in [-0.4, -0.2) is 30.9 Å². The first-order valence-corrected chi connectivity index (χ1v) is 11.2. The number of nitrogens with zero attached hydrogens (tertiary/aromatic N) is 1. The van der Waals surface area contributed by atoms with Gasteiger partial charge in [-0.3, -0.25) is 9.69 Å². The van der Waals surface area contributed by atoms with E-state index in [4.69, 9.17) is 27.9 Å². The Labute approximate surface area is 193 Å². The molecule has 1 saturated heterocycles. The maximum atomic E-state index is 13.1. The molecule has 3 aromatic carbocycles. The minimum atomic E-state index is -0.126. The normalized spacial score (nSPS) is 17.2. The number of piperidine rings is 1. The average molecular weight is 454 g/mol. The van der Waals surface area contributed by atoms with E-state index in [1.165, 1.54) is 0 Å². The second-order valence-corrected chi connectivity index (χ2v) is 8.78. The highest BCUT2D eigenvalue weighted by Gasteiger charge is 2.35. The van der Waals surface area contributed by atoms with Crippen molar-refractivity contribution in [3.63, 3.8) is 0 Å². The fourth-order valence-corrected chi connectivity index (χ4v) is 5.15. The van der Waals surface area contributed by atoms with Crippen molar-refractivity contribution < 1.29 is 9.53 Å². The zero-order valence-electron chi connectivity index (χ0n) is 17.4. The van der Waals surface area contributed by atoms with Crippen LogP contribution in [0.1, 0.15) is 29.0 Å². The molecule has 0 aliphatic carbocycles. The molecule has 0 radical (unpaired) electrons. The zero-order chi connectivity index (χ0) is 21.8. The highest BCUT2D eigenvalue weighted by molar-refractivity contribution is 6.35. The molecule has 3 nitrogen and oxygen atoms in total. The van der Waals surface area contributed by atoms with E-state index >= 15 is 0 Å². The molecule has 4 rings (SSSR count). The number of Topliss-reactive ketones (excluding diaryl/α,β-unsaturated/α-hetero) is 1. The van der Waals surface area contributed by atoms with Crippen molar-refractivity contribution in [3.05, 3.63) is 99.5 Å². The lowest BCUT2D eigenvalue weighted by molar-refractivity contribution is -0.126. The summed E-state index contributed by atoms with van der Waals surface area (Å²) in [5.41, 5.74) is 3.26. The van der Waals surface area contributed by atoms with Crippen LogP contribution in [0.2, 0.25) is 10.0 Å². The number of rotatable bonds is 6. The van der Waals surface area contributed by atoms with Gasteiger partial charge in [-0.25, -0.2) is 0 Å². The third-order valence-corrected chi connectivity index (χ3v) is 6.44. The van der Waals surface area contributed by atoms with Crippen molar-refractivity contribution in [1.82, 2.24) is 4.90 Å². The van der Waals surface area contributed by atoms with Gasteiger partial charge in [0.1, 0.15) is 11.5 Å². The van der Waals surface area contributed by atoms with Gasteiger partial charge in [0.05, 0.1) is 12.1 Å². The van der Waals surface area contributed by atoms with Gasteiger partial charge in [0.2, 0.25) is 0 Å². The Hall–Kier alpha value is -2.33. The molecule has 0 amide bonds. The Balaban J connectivity index is 1.64. The lowest BCUT2D eigenvalue weighted by atomic mass is 9.76. The van der Waals surface area contributed by atoms with E-state index in [-0.39, 0.29) is 11.8 Å². The monoisotopic (exact) mass is 453 g/mol. The van der Waals surface area contributed by atoms with Crippen molar-refractivity contribution in [1.29, 1.82) is 0 Å². The number of halogens is 2. The first-order chi connectivity index (χ1) is 15.1. The highest BCUT2D eigenvalue weighted by atomic mass is 35.5. The molecular weight excluding hydrogens is 429 g/mol. The van der Waals surface area contributed by atoms with Crippen LogP contribution in [0.25, 0.3) is 0 Å². The Morgan fingerprint density at radius 1 is 1.00 bits per heavy atom. The quantitative estimate of drug-likeness (QED) is 0.443. The molecule has 1 aliphatic rings. The minimum absolute atomic E-state index is 0.0162. The number of ether oxygens (including phenoxy) is 1. The van der Waals surface area contributed by atoms with E-state index in [0.29, 0.717) is 47.6 Å². The molecule has 5 heteroatoms. The van der Waals surface area contributed by atoms with Gasteiger partial charge in [-0.1, -0.05) is 83.9 Å². The molecule has 1 aliphatic heterocycles. The van der Waals surface area contributed by atoms with Crippen LogP contribution in [0, 0.1) is 5.92 Å². The Bertz CT molecular complexity index is 1000. The summed E-state index contributed by atoms with van der Waals surface area (Å²) in [7, 11) is 1.61. The largest absolute Gasteiger partial charge is 0.495 e. The van der Waals surface area contributed by atoms with Crippen molar-refractivity contribution >= 4 is 29.0 Å². The maximum absolute atomic E-state index is 13.1. The minimum Gasteiger partial charge on any atom is -0.495 e. The van der Waals surface area contributed by atoms with Crippen molar-refractivity contribution in [3.8, 4) is 5.75 Å². The summed E-state index contributed by atoms with van der Waals surface area (Å²) in [4.78, 5) is 15.4. The molecule has 0 bridgehead atoms. The van der Waals surface area contributed by atoms with Crippen molar-refractivity contribution in [2.45, 2.75) is 18.9 Å². The number of hydrogen-bond donors (Lipinski definition) is 0. The molecule has 0 N–H and O–H groups in total. The summed E-state index contributed by atoms with van der Waals surface area (Å²) in [5.74, 6) is 0.842. The molecule has 1 unspecified atom stereocenters. The number of carbonyl (C=O) groups excluding carboxylic acids is 1. The average Bonchev–Trinajstić information content (AvgIpc) is 2.77. The van der Waals surface area contributed by atoms with Gasteiger partial charge in [0.15, 0.2) is 0 Å². The molecule has 0 spiro atoms. The number of methoxy groups -OCH3 is 1. The van der Waals surface area contributed by atoms with E-state index in [0.717, 1.165) is 16.7 Å². The molecule has 1 atom stereocenters. The van der Waals surface area contributed by atoms with E-state index in [2.05, 4.69) is 29.2 Å². The number of hydrogen-bond acceptors (Lipinski definition) is 3. The molecule has 160 valence electrons. The predicted molar refractivity (Wildman–Crippen MR) is 126 cm³/mol. The molecule has 0 saturated carbocycles. The van der Waals surface area contributed by atoms with Gasteiger partial charge in [-0.05, 0) is 23.3 Å². The second kappa shape index (κ2) is 9.86. The van der Waals surface area contributed by atoms with Crippen molar-refractivity contribution in [2.24, 2.45) is 5.92 Å².